The van der Waals surface area contributed by atoms with Gasteiger partial charge in [0, 0.05) is 11.0 Å². The van der Waals surface area contributed by atoms with Crippen molar-refractivity contribution < 1.29 is 9.84 Å². The van der Waals surface area contributed by atoms with E-state index >= 15 is 0 Å². The molecular weight excluding hydrogens is 212 g/mol. The molecule has 0 spiro atoms. The number of rotatable bonds is 2. The molecule has 0 bridgehead atoms. The summed E-state index contributed by atoms with van der Waals surface area (Å²) in [6.07, 6.45) is 0. The minimum absolute atomic E-state index is 0.116. The van der Waals surface area contributed by atoms with Gasteiger partial charge in [-0.15, -0.1) is 0 Å². The molecule has 1 heterocycles. The fourth-order valence-corrected chi connectivity index (χ4v) is 2.24. The second kappa shape index (κ2) is 3.27. The van der Waals surface area contributed by atoms with Crippen LogP contribution >= 0.6 is 0 Å². The van der Waals surface area contributed by atoms with Gasteiger partial charge in [0.15, 0.2) is 11.5 Å². The van der Waals surface area contributed by atoms with Gasteiger partial charge < -0.3 is 9.84 Å². The average Bonchev–Trinajstić information content (AvgIpc) is 3.11. The maximum atomic E-state index is 9.51. The van der Waals surface area contributed by atoms with E-state index in [0.29, 0.717) is 5.75 Å². The molecule has 0 amide bonds. The van der Waals surface area contributed by atoms with Crippen LogP contribution in [-0.4, -0.2) is 5.11 Å². The molecule has 3 rings (SSSR count). The summed E-state index contributed by atoms with van der Waals surface area (Å²) in [5.41, 5.74) is 2.25. The molecule has 2 aromatic carbocycles. The van der Waals surface area contributed by atoms with Crippen molar-refractivity contribution in [1.82, 2.24) is 0 Å². The molecule has 0 fully saturated rings. The molecule has 0 saturated heterocycles. The standard InChI is InChI=1S/C15H14O2/c1-15(2,10-6-4-3-5-7-10)11-8-9-12(16)14-13(11)17-14/h3-9,16H,1-2H3. The van der Waals surface area contributed by atoms with E-state index in [1.807, 2.05) is 24.3 Å². The number of aromatic hydroxyl groups is 1. The molecule has 2 nitrogen and oxygen atoms in total. The maximum absolute atomic E-state index is 9.51. The van der Waals surface area contributed by atoms with E-state index < -0.39 is 0 Å². The summed E-state index contributed by atoms with van der Waals surface area (Å²) in [6.45, 7) is 4.33. The smallest absolute Gasteiger partial charge is 0.211 e. The van der Waals surface area contributed by atoms with E-state index in [1.54, 1.807) is 6.07 Å². The Kier molecular flexibility index (Phi) is 1.96. The van der Waals surface area contributed by atoms with Crippen molar-refractivity contribution in [1.29, 1.82) is 0 Å². The molecule has 0 aromatic heterocycles. The van der Waals surface area contributed by atoms with Gasteiger partial charge in [0.25, 0.3) is 0 Å². The van der Waals surface area contributed by atoms with Crippen LogP contribution in [0, 0.1) is 0 Å². The van der Waals surface area contributed by atoms with E-state index in [9.17, 15) is 5.11 Å². The lowest BCUT2D eigenvalue weighted by Crippen LogP contribution is -2.17. The highest BCUT2D eigenvalue weighted by atomic mass is 16.6. The summed E-state index contributed by atoms with van der Waals surface area (Å²) in [4.78, 5) is 0. The predicted molar refractivity (Wildman–Crippen MR) is 66.8 cm³/mol. The fourth-order valence-electron chi connectivity index (χ4n) is 2.24. The third-order valence-corrected chi connectivity index (χ3v) is 3.42. The zero-order valence-corrected chi connectivity index (χ0v) is 9.90. The molecular formula is C15H14O2. The van der Waals surface area contributed by atoms with Crippen LogP contribution in [0.5, 0.6) is 17.2 Å². The Morgan fingerprint density at radius 2 is 1.65 bits per heavy atom. The second-order valence-corrected chi connectivity index (χ2v) is 4.88. The van der Waals surface area contributed by atoms with Gasteiger partial charge >= 0.3 is 0 Å². The summed E-state index contributed by atoms with van der Waals surface area (Å²) in [5.74, 6) is 1.69. The number of benzene rings is 2. The number of hydrogen-bond donors (Lipinski definition) is 1. The number of phenolic OH excluding ortho intramolecular Hbond substituents is 1. The highest BCUT2D eigenvalue weighted by Gasteiger charge is 2.36. The van der Waals surface area contributed by atoms with E-state index in [4.69, 9.17) is 4.74 Å². The van der Waals surface area contributed by atoms with E-state index in [1.165, 1.54) is 5.56 Å². The van der Waals surface area contributed by atoms with Crippen molar-refractivity contribution in [2.75, 3.05) is 0 Å². The van der Waals surface area contributed by atoms with Crippen LogP contribution in [0.4, 0.5) is 0 Å². The van der Waals surface area contributed by atoms with E-state index in [0.717, 1.165) is 11.3 Å². The van der Waals surface area contributed by atoms with Crippen LogP contribution < -0.4 is 4.74 Å². The number of hydrogen-bond acceptors (Lipinski definition) is 2. The van der Waals surface area contributed by atoms with Crippen LogP contribution in [0.1, 0.15) is 25.0 Å². The Morgan fingerprint density at radius 1 is 0.941 bits per heavy atom. The Balaban J connectivity index is 2.10. The molecule has 86 valence electrons. The molecule has 0 unspecified atom stereocenters. The third-order valence-electron chi connectivity index (χ3n) is 3.42. The van der Waals surface area contributed by atoms with Gasteiger partial charge in [0.05, 0.1) is 0 Å². The van der Waals surface area contributed by atoms with Crippen molar-refractivity contribution in [2.45, 2.75) is 19.3 Å². The molecule has 2 heteroatoms. The lowest BCUT2D eigenvalue weighted by Gasteiger charge is -2.24. The van der Waals surface area contributed by atoms with Crippen molar-refractivity contribution >= 4 is 0 Å². The number of fused-ring (bicyclic) bond motifs is 1. The van der Waals surface area contributed by atoms with Crippen LogP contribution in [0.3, 0.4) is 0 Å². The van der Waals surface area contributed by atoms with Crippen LogP contribution in [-0.2, 0) is 5.41 Å². The highest BCUT2D eigenvalue weighted by Crippen LogP contribution is 2.57. The van der Waals surface area contributed by atoms with Crippen molar-refractivity contribution in [3.8, 4) is 17.2 Å². The summed E-state index contributed by atoms with van der Waals surface area (Å²) < 4.78 is 5.36. The van der Waals surface area contributed by atoms with Crippen molar-refractivity contribution in [3.05, 3.63) is 53.6 Å². The molecule has 1 aliphatic rings. The zero-order valence-electron chi connectivity index (χ0n) is 9.90. The molecule has 1 N–H and O–H groups in total. The van der Waals surface area contributed by atoms with Gasteiger partial charge in [0.1, 0.15) is 0 Å². The van der Waals surface area contributed by atoms with Crippen LogP contribution in [0.15, 0.2) is 42.5 Å². The quantitative estimate of drug-likeness (QED) is 0.674. The second-order valence-electron chi connectivity index (χ2n) is 4.88. The first kappa shape index (κ1) is 10.2. The van der Waals surface area contributed by atoms with Gasteiger partial charge in [0.2, 0.25) is 5.75 Å². The zero-order chi connectivity index (χ0) is 12.0. The Labute approximate surface area is 100 Å². The maximum Gasteiger partial charge on any atom is 0.211 e. The van der Waals surface area contributed by atoms with Crippen molar-refractivity contribution in [2.24, 2.45) is 0 Å². The molecule has 0 saturated carbocycles. The molecule has 0 aliphatic carbocycles. The Hall–Kier alpha value is -1.96. The normalized spacial score (nSPS) is 12.8. The molecule has 17 heavy (non-hydrogen) atoms. The molecule has 0 atom stereocenters. The predicted octanol–water partition coefficient (Wildman–Crippen LogP) is 3.82. The van der Waals surface area contributed by atoms with E-state index in [-0.39, 0.29) is 11.2 Å². The Bertz CT molecular complexity index is 571. The first-order valence-corrected chi connectivity index (χ1v) is 5.70. The van der Waals surface area contributed by atoms with Gasteiger partial charge in [-0.3, -0.25) is 0 Å². The monoisotopic (exact) mass is 226 g/mol. The van der Waals surface area contributed by atoms with Crippen LogP contribution in [0.25, 0.3) is 0 Å². The summed E-state index contributed by atoms with van der Waals surface area (Å²) >= 11 is 0. The summed E-state index contributed by atoms with van der Waals surface area (Å²) in [5, 5.41) is 9.51. The summed E-state index contributed by atoms with van der Waals surface area (Å²) in [6, 6.07) is 14.0. The number of phenols is 1. The summed E-state index contributed by atoms with van der Waals surface area (Å²) in [7, 11) is 0. The highest BCUT2D eigenvalue weighted by molar-refractivity contribution is 5.69. The third kappa shape index (κ3) is 1.48. The first-order chi connectivity index (χ1) is 8.10. The van der Waals surface area contributed by atoms with Crippen LogP contribution in [0.2, 0.25) is 0 Å². The van der Waals surface area contributed by atoms with Gasteiger partial charge in [-0.05, 0) is 11.6 Å². The van der Waals surface area contributed by atoms with Crippen molar-refractivity contribution in [3.63, 3.8) is 0 Å². The minimum Gasteiger partial charge on any atom is -0.504 e. The average molecular weight is 226 g/mol. The molecule has 1 aliphatic heterocycles. The Morgan fingerprint density at radius 3 is 2.35 bits per heavy atom. The fraction of sp³-hybridized carbons (Fsp3) is 0.200. The lowest BCUT2D eigenvalue weighted by molar-refractivity contribution is 0.463. The van der Waals surface area contributed by atoms with Gasteiger partial charge in [-0.25, -0.2) is 0 Å². The van der Waals surface area contributed by atoms with E-state index in [2.05, 4.69) is 26.0 Å². The molecule has 2 aromatic rings. The number of ether oxygens (including phenoxy) is 1. The topological polar surface area (TPSA) is 32.8 Å². The molecule has 0 radical (unpaired) electrons. The largest absolute Gasteiger partial charge is 0.504 e. The lowest BCUT2D eigenvalue weighted by atomic mass is 9.78. The van der Waals surface area contributed by atoms with Gasteiger partial charge in [-0.1, -0.05) is 50.2 Å². The van der Waals surface area contributed by atoms with Gasteiger partial charge in [-0.2, -0.15) is 0 Å². The minimum atomic E-state index is -0.116. The first-order valence-electron chi connectivity index (χ1n) is 5.70. The SMILES string of the molecule is CC(C)(c1ccccc1)c1ccc(O)c2c1O2.